The third-order valence-electron chi connectivity index (χ3n) is 6.32. The summed E-state index contributed by atoms with van der Waals surface area (Å²) in [5.41, 5.74) is 3.06. The van der Waals surface area contributed by atoms with Crippen molar-refractivity contribution in [3.8, 4) is 0 Å². The average Bonchev–Trinajstić information content (AvgIpc) is 3.38. The summed E-state index contributed by atoms with van der Waals surface area (Å²) in [7, 11) is 0. The summed E-state index contributed by atoms with van der Waals surface area (Å²) in [6.07, 6.45) is 3.42. The van der Waals surface area contributed by atoms with Gasteiger partial charge in [0.05, 0.1) is 11.0 Å². The van der Waals surface area contributed by atoms with Crippen molar-refractivity contribution in [3.05, 3.63) is 57.3 Å². The predicted octanol–water partition coefficient (Wildman–Crippen LogP) is 2.21. The zero-order chi connectivity index (χ0) is 22.1. The Kier molecular flexibility index (Phi) is 4.18. The summed E-state index contributed by atoms with van der Waals surface area (Å²) in [5, 5.41) is 18.8. The number of H-pyrrole nitrogens is 1. The monoisotopic (exact) mass is 448 g/mol. The molecule has 0 bridgehead atoms. The van der Waals surface area contributed by atoms with Crippen molar-refractivity contribution in [2.45, 2.75) is 37.2 Å². The summed E-state index contributed by atoms with van der Waals surface area (Å²) >= 11 is 4.33. The second-order valence-corrected chi connectivity index (χ2v) is 9.04. The van der Waals surface area contributed by atoms with E-state index in [9.17, 15) is 14.7 Å². The van der Waals surface area contributed by atoms with Gasteiger partial charge in [0.1, 0.15) is 11.9 Å². The normalized spacial score (nSPS) is 16.7. The van der Waals surface area contributed by atoms with Gasteiger partial charge in [-0.05, 0) is 61.4 Å². The van der Waals surface area contributed by atoms with Crippen LogP contribution >= 0.6 is 12.6 Å². The molecule has 3 aromatic heterocycles. The molecule has 1 amide bonds. The Balaban J connectivity index is 1.49. The zero-order valence-corrected chi connectivity index (χ0v) is 18.1. The van der Waals surface area contributed by atoms with Gasteiger partial charge in [0, 0.05) is 23.2 Å². The van der Waals surface area contributed by atoms with Crippen LogP contribution in [-0.4, -0.2) is 42.1 Å². The number of hydrogen-bond acceptors (Lipinski definition) is 7. The van der Waals surface area contributed by atoms with E-state index in [1.807, 2.05) is 19.1 Å². The summed E-state index contributed by atoms with van der Waals surface area (Å²) in [6.45, 7) is 2.39. The van der Waals surface area contributed by atoms with Gasteiger partial charge in [-0.25, -0.2) is 4.98 Å². The lowest BCUT2D eigenvalue weighted by molar-refractivity contribution is 0.0988. The fourth-order valence-electron chi connectivity index (χ4n) is 4.48. The van der Waals surface area contributed by atoms with Crippen LogP contribution in [0.2, 0.25) is 0 Å². The SMILES string of the molecule is Cc1cc2c(cc1C(=O)N1CCc3cc(S)cnc31)[nH]c(=O)c1nnc(C(O)C3CC3)n12. The number of aliphatic hydroxyl groups is 1. The van der Waals surface area contributed by atoms with Crippen LogP contribution in [0.25, 0.3) is 16.7 Å². The number of aryl methyl sites for hydroxylation is 1. The molecule has 1 aromatic carbocycles. The van der Waals surface area contributed by atoms with Crippen LogP contribution in [0.3, 0.4) is 0 Å². The molecule has 0 saturated heterocycles. The number of thiol groups is 1. The molecular formula is C22H20N6O3S. The first-order valence-electron chi connectivity index (χ1n) is 10.5. The van der Waals surface area contributed by atoms with E-state index in [0.29, 0.717) is 34.8 Å². The first kappa shape index (κ1) is 19.4. The second kappa shape index (κ2) is 6.88. The highest BCUT2D eigenvalue weighted by atomic mass is 32.1. The molecular weight excluding hydrogens is 428 g/mol. The van der Waals surface area contributed by atoms with E-state index >= 15 is 0 Å². The van der Waals surface area contributed by atoms with Crippen LogP contribution in [0.4, 0.5) is 5.82 Å². The maximum atomic E-state index is 13.4. The van der Waals surface area contributed by atoms with Gasteiger partial charge >= 0.3 is 0 Å². The summed E-state index contributed by atoms with van der Waals surface area (Å²) in [6, 6.07) is 5.45. The molecule has 0 spiro atoms. The van der Waals surface area contributed by atoms with Gasteiger partial charge in [-0.3, -0.25) is 18.9 Å². The summed E-state index contributed by atoms with van der Waals surface area (Å²) < 4.78 is 1.61. The van der Waals surface area contributed by atoms with Crippen molar-refractivity contribution in [3.63, 3.8) is 0 Å². The number of nitrogens with zero attached hydrogens (tertiary/aromatic N) is 5. The maximum absolute atomic E-state index is 13.4. The number of carbonyl (C=O) groups is 1. The highest BCUT2D eigenvalue weighted by Gasteiger charge is 2.35. The van der Waals surface area contributed by atoms with Crippen LogP contribution < -0.4 is 10.5 Å². The van der Waals surface area contributed by atoms with Crippen molar-refractivity contribution in [2.75, 3.05) is 11.4 Å². The third-order valence-corrected chi connectivity index (χ3v) is 6.57. The number of pyridine rings is 1. The second-order valence-electron chi connectivity index (χ2n) is 8.52. The molecule has 1 saturated carbocycles. The Morgan fingerprint density at radius 2 is 2.09 bits per heavy atom. The summed E-state index contributed by atoms with van der Waals surface area (Å²) in [5.74, 6) is 0.965. The third kappa shape index (κ3) is 2.86. The number of aromatic nitrogens is 5. The molecule has 10 heteroatoms. The maximum Gasteiger partial charge on any atom is 0.294 e. The van der Waals surface area contributed by atoms with Gasteiger partial charge in [-0.15, -0.1) is 22.8 Å². The standard InChI is InChI=1S/C22H20N6O3S/c1-10-6-16-15(24-21(30)20-26-25-19(28(16)20)17(29)11-2-3-11)8-14(10)22(31)27-5-4-12-7-13(32)9-23-18(12)27/h6-9,11,17,29,32H,2-5H2,1H3,(H,24,30). The number of rotatable bonds is 3. The van der Waals surface area contributed by atoms with E-state index in [-0.39, 0.29) is 17.5 Å². The van der Waals surface area contributed by atoms with Crippen LogP contribution in [0.1, 0.15) is 46.3 Å². The molecule has 1 atom stereocenters. The highest BCUT2D eigenvalue weighted by molar-refractivity contribution is 7.80. The molecule has 1 aliphatic heterocycles. The van der Waals surface area contributed by atoms with Crippen molar-refractivity contribution >= 4 is 41.0 Å². The Labute approximate surface area is 187 Å². The van der Waals surface area contributed by atoms with Gasteiger partial charge in [0.2, 0.25) is 5.65 Å². The number of amides is 1. The number of carbonyl (C=O) groups excluding carboxylic acids is 1. The lowest BCUT2D eigenvalue weighted by Gasteiger charge is -2.18. The minimum absolute atomic E-state index is 0.130. The van der Waals surface area contributed by atoms with Gasteiger partial charge in [0.25, 0.3) is 11.5 Å². The number of benzene rings is 1. The van der Waals surface area contributed by atoms with E-state index in [4.69, 9.17) is 0 Å². The molecule has 6 rings (SSSR count). The van der Waals surface area contributed by atoms with E-state index in [1.54, 1.807) is 21.6 Å². The Bertz CT molecular complexity index is 1490. The minimum Gasteiger partial charge on any atom is -0.385 e. The molecule has 9 nitrogen and oxygen atoms in total. The lowest BCUT2D eigenvalue weighted by Crippen LogP contribution is -2.30. The number of hydrogen-bond donors (Lipinski definition) is 3. The van der Waals surface area contributed by atoms with Gasteiger partial charge in [0.15, 0.2) is 5.82 Å². The van der Waals surface area contributed by atoms with E-state index in [0.717, 1.165) is 35.3 Å². The smallest absolute Gasteiger partial charge is 0.294 e. The molecule has 2 N–H and O–H groups in total. The van der Waals surface area contributed by atoms with E-state index < -0.39 is 11.7 Å². The number of fused-ring (bicyclic) bond motifs is 4. The minimum atomic E-state index is -0.777. The van der Waals surface area contributed by atoms with Crippen molar-refractivity contribution in [1.82, 2.24) is 24.6 Å². The fourth-order valence-corrected chi connectivity index (χ4v) is 4.69. The lowest BCUT2D eigenvalue weighted by atomic mass is 10.1. The van der Waals surface area contributed by atoms with E-state index in [2.05, 4.69) is 32.8 Å². The molecule has 1 aliphatic carbocycles. The fraction of sp³-hybridized carbons (Fsp3) is 0.318. The Hall–Kier alpha value is -3.24. The van der Waals surface area contributed by atoms with Crippen LogP contribution in [0.5, 0.6) is 0 Å². The molecule has 32 heavy (non-hydrogen) atoms. The first-order chi connectivity index (χ1) is 15.4. The number of aliphatic hydroxyl groups excluding tert-OH is 1. The Morgan fingerprint density at radius 3 is 2.88 bits per heavy atom. The molecule has 1 fully saturated rings. The first-order valence-corrected chi connectivity index (χ1v) is 11.0. The molecule has 2 aliphatic rings. The molecule has 0 radical (unpaired) electrons. The largest absolute Gasteiger partial charge is 0.385 e. The number of nitrogens with one attached hydrogen (secondary N) is 1. The molecule has 162 valence electrons. The van der Waals surface area contributed by atoms with Crippen LogP contribution in [-0.2, 0) is 6.42 Å². The number of aromatic amines is 1. The van der Waals surface area contributed by atoms with Crippen LogP contribution in [0, 0.1) is 12.8 Å². The zero-order valence-electron chi connectivity index (χ0n) is 17.2. The molecule has 4 aromatic rings. The van der Waals surface area contributed by atoms with Crippen LogP contribution in [0.15, 0.2) is 34.1 Å². The Morgan fingerprint density at radius 1 is 1.28 bits per heavy atom. The average molecular weight is 449 g/mol. The van der Waals surface area contributed by atoms with Crippen molar-refractivity contribution in [2.24, 2.45) is 5.92 Å². The number of anilines is 1. The predicted molar refractivity (Wildman–Crippen MR) is 120 cm³/mol. The van der Waals surface area contributed by atoms with Gasteiger partial charge in [-0.1, -0.05) is 0 Å². The summed E-state index contributed by atoms with van der Waals surface area (Å²) in [4.78, 5) is 35.7. The van der Waals surface area contributed by atoms with Crippen molar-refractivity contribution in [1.29, 1.82) is 0 Å². The van der Waals surface area contributed by atoms with Crippen molar-refractivity contribution < 1.29 is 9.90 Å². The van der Waals surface area contributed by atoms with E-state index in [1.165, 1.54) is 0 Å². The van der Waals surface area contributed by atoms with Gasteiger partial charge < -0.3 is 10.1 Å². The molecule has 4 heterocycles. The topological polar surface area (TPSA) is 116 Å². The molecule has 1 unspecified atom stereocenters. The quantitative estimate of drug-likeness (QED) is 0.414. The van der Waals surface area contributed by atoms with Gasteiger partial charge in [-0.2, -0.15) is 0 Å². The highest BCUT2D eigenvalue weighted by Crippen LogP contribution is 2.40.